The molecule has 0 amide bonds. The highest BCUT2D eigenvalue weighted by atomic mass is 16.5. The van der Waals surface area contributed by atoms with E-state index in [2.05, 4.69) is 30.8 Å². The Hall–Kier alpha value is -3.62. The van der Waals surface area contributed by atoms with Gasteiger partial charge in [0.25, 0.3) is 5.89 Å². The number of rotatable bonds is 9. The molecule has 9 heteroatoms. The monoisotopic (exact) mass is 410 g/mol. The molecule has 30 heavy (non-hydrogen) atoms. The van der Waals surface area contributed by atoms with Gasteiger partial charge in [0.1, 0.15) is 5.69 Å². The topological polar surface area (TPSA) is 107 Å². The van der Waals surface area contributed by atoms with Gasteiger partial charge in [0.15, 0.2) is 23.3 Å². The molecule has 2 heterocycles. The fourth-order valence-corrected chi connectivity index (χ4v) is 2.82. The first-order chi connectivity index (χ1) is 14.7. The number of methoxy groups -OCH3 is 2. The second-order valence-corrected chi connectivity index (χ2v) is 6.35. The highest BCUT2D eigenvalue weighted by Crippen LogP contribution is 2.27. The van der Waals surface area contributed by atoms with Gasteiger partial charge in [-0.25, -0.2) is 0 Å². The van der Waals surface area contributed by atoms with Crippen LogP contribution in [0, 0.1) is 0 Å². The minimum absolute atomic E-state index is 0.419. The van der Waals surface area contributed by atoms with Crippen LogP contribution < -0.4 is 20.1 Å². The number of benzene rings is 1. The summed E-state index contributed by atoms with van der Waals surface area (Å²) in [7, 11) is 5.00. The van der Waals surface area contributed by atoms with Gasteiger partial charge in [-0.1, -0.05) is 17.3 Å². The maximum absolute atomic E-state index is 5.35. The summed E-state index contributed by atoms with van der Waals surface area (Å²) < 4.78 is 15.9. The highest BCUT2D eigenvalue weighted by Gasteiger charge is 2.09. The fourth-order valence-electron chi connectivity index (χ4n) is 2.82. The summed E-state index contributed by atoms with van der Waals surface area (Å²) in [4.78, 5) is 12.8. The molecule has 3 aromatic rings. The van der Waals surface area contributed by atoms with E-state index in [0.717, 1.165) is 30.0 Å². The number of aliphatic imine (C=N–C) groups is 1. The van der Waals surface area contributed by atoms with Gasteiger partial charge >= 0.3 is 0 Å². The minimum Gasteiger partial charge on any atom is -0.493 e. The number of hydrogen-bond donors (Lipinski definition) is 2. The van der Waals surface area contributed by atoms with Crippen molar-refractivity contribution in [2.24, 2.45) is 4.99 Å². The molecule has 0 fully saturated rings. The highest BCUT2D eigenvalue weighted by molar-refractivity contribution is 5.79. The van der Waals surface area contributed by atoms with Crippen molar-refractivity contribution >= 4 is 5.96 Å². The molecule has 0 saturated heterocycles. The van der Waals surface area contributed by atoms with E-state index in [1.165, 1.54) is 0 Å². The lowest BCUT2D eigenvalue weighted by molar-refractivity contribution is 0.354. The van der Waals surface area contributed by atoms with Crippen molar-refractivity contribution < 1.29 is 14.0 Å². The predicted octanol–water partition coefficient (Wildman–Crippen LogP) is 2.10. The van der Waals surface area contributed by atoms with E-state index in [9.17, 15) is 0 Å². The number of ether oxygens (including phenoxy) is 2. The summed E-state index contributed by atoms with van der Waals surface area (Å²) in [5.74, 6) is 3.19. The lowest BCUT2D eigenvalue weighted by Gasteiger charge is -2.12. The van der Waals surface area contributed by atoms with E-state index in [4.69, 9.17) is 14.0 Å². The molecule has 3 rings (SSSR count). The predicted molar refractivity (Wildman–Crippen MR) is 114 cm³/mol. The van der Waals surface area contributed by atoms with E-state index in [-0.39, 0.29) is 0 Å². The van der Waals surface area contributed by atoms with E-state index in [1.54, 1.807) is 27.5 Å². The third kappa shape index (κ3) is 5.69. The van der Waals surface area contributed by atoms with Crippen LogP contribution in [0.1, 0.15) is 11.4 Å². The zero-order chi connectivity index (χ0) is 21.2. The Morgan fingerprint density at radius 3 is 2.53 bits per heavy atom. The quantitative estimate of drug-likeness (QED) is 0.408. The van der Waals surface area contributed by atoms with Crippen molar-refractivity contribution in [1.82, 2.24) is 25.8 Å². The maximum Gasteiger partial charge on any atom is 0.276 e. The summed E-state index contributed by atoms with van der Waals surface area (Å²) in [5.41, 5.74) is 1.81. The molecule has 158 valence electrons. The Bertz CT molecular complexity index is 958. The standard InChI is InChI=1S/C21H26N6O3/c1-22-21(24-12-9-15-7-8-17(28-2)18(14-15)29-3)25-13-10-19-26-20(30-27-19)16-6-4-5-11-23-16/h4-8,11,14H,9-10,12-13H2,1-3H3,(H2,22,24,25). The van der Waals surface area contributed by atoms with E-state index in [1.807, 2.05) is 36.4 Å². The number of hydrogen-bond acceptors (Lipinski definition) is 7. The van der Waals surface area contributed by atoms with Gasteiger partial charge < -0.3 is 24.6 Å². The van der Waals surface area contributed by atoms with E-state index in [0.29, 0.717) is 36.3 Å². The van der Waals surface area contributed by atoms with Crippen molar-refractivity contribution in [2.75, 3.05) is 34.4 Å². The van der Waals surface area contributed by atoms with Crippen molar-refractivity contribution in [3.63, 3.8) is 0 Å². The van der Waals surface area contributed by atoms with Crippen LogP contribution in [0.2, 0.25) is 0 Å². The largest absolute Gasteiger partial charge is 0.493 e. The van der Waals surface area contributed by atoms with Crippen LogP contribution in [-0.2, 0) is 12.8 Å². The minimum atomic E-state index is 0.419. The molecular formula is C21H26N6O3. The molecule has 0 saturated carbocycles. The third-order valence-corrected chi connectivity index (χ3v) is 4.37. The smallest absolute Gasteiger partial charge is 0.276 e. The Morgan fingerprint density at radius 2 is 1.83 bits per heavy atom. The van der Waals surface area contributed by atoms with Crippen LogP contribution >= 0.6 is 0 Å². The SMILES string of the molecule is CN=C(NCCc1ccc(OC)c(OC)c1)NCCc1noc(-c2ccccn2)n1. The normalized spacial score (nSPS) is 11.2. The fraction of sp³-hybridized carbons (Fsp3) is 0.333. The first kappa shape index (κ1) is 21.1. The number of nitrogens with one attached hydrogen (secondary N) is 2. The van der Waals surface area contributed by atoms with Crippen LogP contribution in [0.25, 0.3) is 11.6 Å². The Labute approximate surface area is 175 Å². The molecule has 0 spiro atoms. The molecular weight excluding hydrogens is 384 g/mol. The zero-order valence-corrected chi connectivity index (χ0v) is 17.4. The van der Waals surface area contributed by atoms with Crippen LogP contribution in [0.4, 0.5) is 0 Å². The molecule has 0 atom stereocenters. The van der Waals surface area contributed by atoms with Crippen molar-refractivity contribution in [3.8, 4) is 23.1 Å². The zero-order valence-electron chi connectivity index (χ0n) is 17.4. The molecule has 0 aliphatic rings. The van der Waals surface area contributed by atoms with Gasteiger partial charge in [0, 0.05) is 32.8 Å². The average molecular weight is 410 g/mol. The van der Waals surface area contributed by atoms with Crippen LogP contribution in [0.5, 0.6) is 11.5 Å². The molecule has 0 radical (unpaired) electrons. The first-order valence-corrected chi connectivity index (χ1v) is 9.63. The number of nitrogens with zero attached hydrogens (tertiary/aromatic N) is 4. The second-order valence-electron chi connectivity index (χ2n) is 6.35. The average Bonchev–Trinajstić information content (AvgIpc) is 3.27. The first-order valence-electron chi connectivity index (χ1n) is 9.63. The number of aromatic nitrogens is 3. The summed E-state index contributed by atoms with van der Waals surface area (Å²) in [6.45, 7) is 1.35. The van der Waals surface area contributed by atoms with Crippen LogP contribution in [0.15, 0.2) is 52.1 Å². The lowest BCUT2D eigenvalue weighted by Crippen LogP contribution is -2.39. The van der Waals surface area contributed by atoms with Gasteiger partial charge in [0.2, 0.25) is 0 Å². The third-order valence-electron chi connectivity index (χ3n) is 4.37. The number of guanidine groups is 1. The van der Waals surface area contributed by atoms with Crippen LogP contribution in [0.3, 0.4) is 0 Å². The van der Waals surface area contributed by atoms with Crippen molar-refractivity contribution in [1.29, 1.82) is 0 Å². The maximum atomic E-state index is 5.35. The number of pyridine rings is 1. The van der Waals surface area contributed by atoms with E-state index >= 15 is 0 Å². The summed E-state index contributed by atoms with van der Waals surface area (Å²) in [5, 5.41) is 10.5. The lowest BCUT2D eigenvalue weighted by atomic mass is 10.1. The van der Waals surface area contributed by atoms with Gasteiger partial charge in [-0.2, -0.15) is 4.98 Å². The molecule has 2 N–H and O–H groups in total. The summed E-state index contributed by atoms with van der Waals surface area (Å²) >= 11 is 0. The molecule has 9 nitrogen and oxygen atoms in total. The molecule has 1 aromatic carbocycles. The molecule has 2 aromatic heterocycles. The summed E-state index contributed by atoms with van der Waals surface area (Å²) in [6, 6.07) is 11.5. The van der Waals surface area contributed by atoms with Gasteiger partial charge in [-0.3, -0.25) is 9.98 Å². The van der Waals surface area contributed by atoms with Crippen LogP contribution in [-0.4, -0.2) is 55.4 Å². The molecule has 0 unspecified atom stereocenters. The van der Waals surface area contributed by atoms with E-state index < -0.39 is 0 Å². The Kier molecular flexibility index (Phi) is 7.59. The molecule has 0 aliphatic carbocycles. The summed E-state index contributed by atoms with van der Waals surface area (Å²) in [6.07, 6.45) is 3.12. The molecule has 0 bridgehead atoms. The van der Waals surface area contributed by atoms with Crippen molar-refractivity contribution in [3.05, 3.63) is 54.0 Å². The second kappa shape index (κ2) is 10.8. The van der Waals surface area contributed by atoms with Gasteiger partial charge in [0.05, 0.1) is 14.2 Å². The van der Waals surface area contributed by atoms with Gasteiger partial charge in [-0.15, -0.1) is 0 Å². The molecule has 0 aliphatic heterocycles. The van der Waals surface area contributed by atoms with Gasteiger partial charge in [-0.05, 0) is 36.2 Å². The Morgan fingerprint density at radius 1 is 1.03 bits per heavy atom. The Balaban J connectivity index is 1.43. The van der Waals surface area contributed by atoms with Crippen molar-refractivity contribution in [2.45, 2.75) is 12.8 Å².